The van der Waals surface area contributed by atoms with Gasteiger partial charge < -0.3 is 9.80 Å². The number of anilines is 3. The molecule has 1 aliphatic heterocycles. The fraction of sp³-hybridized carbons (Fsp3) is 0.462. The molecule has 48 heavy (non-hydrogen) atoms. The largest absolute Gasteiger partial charge is 0.502 e. The van der Waals surface area contributed by atoms with Crippen molar-refractivity contribution in [2.45, 2.75) is 99.0 Å². The van der Waals surface area contributed by atoms with E-state index in [0.717, 1.165) is 24.4 Å². The first-order valence-corrected chi connectivity index (χ1v) is 22.3. The van der Waals surface area contributed by atoms with Crippen LogP contribution >= 0.6 is 19.4 Å². The zero-order valence-electron chi connectivity index (χ0n) is 30.1. The Kier molecular flexibility index (Phi) is 15.4. The van der Waals surface area contributed by atoms with Gasteiger partial charge in [0.05, 0.1) is 0 Å². The smallest absolute Gasteiger partial charge is 0.0156 e. The van der Waals surface area contributed by atoms with Crippen molar-refractivity contribution >= 4 is 47.0 Å². The predicted molar refractivity (Wildman–Crippen MR) is 203 cm³/mol. The third kappa shape index (κ3) is 10.8. The molecule has 0 radical (unpaired) electrons. The average molecular weight is 788 g/mol. The summed E-state index contributed by atoms with van der Waals surface area (Å²) in [7, 11) is 11.7. The Morgan fingerprint density at radius 1 is 0.812 bits per heavy atom. The number of para-hydroxylation sites is 2. The molecule has 4 rings (SSSR count). The van der Waals surface area contributed by atoms with Crippen molar-refractivity contribution < 1.29 is 27.4 Å². The van der Waals surface area contributed by atoms with Crippen LogP contribution in [0.2, 0.25) is 0 Å². The number of aromatic hydroxyl groups is 1. The number of nitrogens with one attached hydrogen (secondary N) is 1. The van der Waals surface area contributed by atoms with Crippen LogP contribution in [0, 0.1) is 6.67 Å². The van der Waals surface area contributed by atoms with Gasteiger partial charge in [0.1, 0.15) is 0 Å². The summed E-state index contributed by atoms with van der Waals surface area (Å²) in [6, 6.07) is 18.8. The molecule has 0 aromatic heterocycles. The van der Waals surface area contributed by atoms with E-state index in [0.29, 0.717) is 29.4 Å². The SMILES string of the molecule is CC(C)[OH+]c1ccc(NC(=O)CF)cc1[CH]=[Ru]([Cl])[Cl].CC(C)c1cccc(C(C)C)c1N1[CH-]N(c2c(C(C)C)cccc2C(C)C)CC1. The van der Waals surface area contributed by atoms with Crippen LogP contribution in [0.15, 0.2) is 54.6 Å². The summed E-state index contributed by atoms with van der Waals surface area (Å²) in [5.41, 5.74) is 9.92. The van der Waals surface area contributed by atoms with E-state index < -0.39 is 26.1 Å². The number of halogens is 3. The molecule has 0 atom stereocenters. The van der Waals surface area contributed by atoms with Crippen LogP contribution in [0.25, 0.3) is 0 Å². The fourth-order valence-corrected chi connectivity index (χ4v) is 7.71. The second-order valence-electron chi connectivity index (χ2n) is 13.7. The normalized spacial score (nSPS) is 13.4. The van der Waals surface area contributed by atoms with Crippen molar-refractivity contribution in [2.24, 2.45) is 0 Å². The van der Waals surface area contributed by atoms with E-state index in [2.05, 4.69) is 118 Å². The summed E-state index contributed by atoms with van der Waals surface area (Å²) < 4.78 is 18.4. The molecule has 1 fully saturated rings. The summed E-state index contributed by atoms with van der Waals surface area (Å²) >= 11 is -2.00. The summed E-state index contributed by atoms with van der Waals surface area (Å²) in [5, 5.41) is 2.44. The number of amides is 1. The molecule has 3 aromatic carbocycles. The second-order valence-corrected chi connectivity index (χ2v) is 19.4. The minimum atomic E-state index is -2.00. The Morgan fingerprint density at radius 3 is 1.60 bits per heavy atom. The third-order valence-electron chi connectivity index (χ3n) is 8.14. The Hall–Kier alpha value is -2.47. The maximum absolute atomic E-state index is 12.2. The Bertz CT molecular complexity index is 1430. The van der Waals surface area contributed by atoms with E-state index in [1.807, 2.05) is 13.8 Å². The zero-order chi connectivity index (χ0) is 35.7. The van der Waals surface area contributed by atoms with Gasteiger partial charge in [0.2, 0.25) is 0 Å². The monoisotopic (exact) mass is 787 g/mol. The molecule has 3 aromatic rings. The van der Waals surface area contributed by atoms with E-state index >= 15 is 0 Å². The van der Waals surface area contributed by atoms with Crippen molar-refractivity contribution in [2.75, 3.05) is 34.9 Å². The van der Waals surface area contributed by atoms with Crippen molar-refractivity contribution in [1.29, 1.82) is 0 Å². The van der Waals surface area contributed by atoms with Gasteiger partial charge in [-0.1, -0.05) is 91.8 Å². The molecule has 0 bridgehead atoms. The quantitative estimate of drug-likeness (QED) is 0.0911. The molecular weight excluding hydrogens is 733 g/mol. The van der Waals surface area contributed by atoms with Crippen LogP contribution in [-0.2, 0) is 18.3 Å². The van der Waals surface area contributed by atoms with Crippen molar-refractivity contribution in [3.63, 3.8) is 0 Å². The van der Waals surface area contributed by atoms with Crippen LogP contribution < -0.4 is 15.1 Å². The predicted octanol–water partition coefficient (Wildman–Crippen LogP) is 10.9. The maximum Gasteiger partial charge on any atom is 0.0156 e. The minimum absolute atomic E-state index is 0.129. The first-order valence-electron chi connectivity index (χ1n) is 16.8. The van der Waals surface area contributed by atoms with Gasteiger partial charge >= 0.3 is 124 Å². The third-order valence-corrected chi connectivity index (χ3v) is 9.97. The van der Waals surface area contributed by atoms with E-state index in [-0.39, 0.29) is 6.10 Å². The van der Waals surface area contributed by atoms with E-state index in [1.54, 1.807) is 22.8 Å². The summed E-state index contributed by atoms with van der Waals surface area (Å²) in [6.07, 6.45) is 0.129. The molecule has 1 saturated heterocycles. The molecule has 0 aliphatic carbocycles. The van der Waals surface area contributed by atoms with E-state index in [4.69, 9.17) is 19.4 Å². The van der Waals surface area contributed by atoms with Crippen molar-refractivity contribution in [3.05, 3.63) is 89.1 Å². The Morgan fingerprint density at radius 2 is 1.25 bits per heavy atom. The summed E-state index contributed by atoms with van der Waals surface area (Å²) in [4.78, 5) is 16.0. The van der Waals surface area contributed by atoms with Gasteiger partial charge in [-0.15, -0.1) is 0 Å². The fourth-order valence-electron chi connectivity index (χ4n) is 5.91. The summed E-state index contributed by atoms with van der Waals surface area (Å²) in [5.74, 6) is 2.12. The molecule has 0 unspecified atom stereocenters. The van der Waals surface area contributed by atoms with Gasteiger partial charge in [-0.2, -0.15) is 6.67 Å². The minimum Gasteiger partial charge on any atom is -0.502 e. The van der Waals surface area contributed by atoms with Crippen molar-refractivity contribution in [1.82, 2.24) is 0 Å². The number of ether oxygens (including phenoxy) is 1. The van der Waals surface area contributed by atoms with Crippen molar-refractivity contribution in [3.8, 4) is 5.75 Å². The van der Waals surface area contributed by atoms with Crippen LogP contribution in [0.4, 0.5) is 21.5 Å². The van der Waals surface area contributed by atoms with Gasteiger partial charge in [-0.3, -0.25) is 0 Å². The standard InChI is InChI=1S/C27H39N2.C12H14FNO2.2ClH.Ru/c1-18(2)22-11-9-12-23(19(3)4)26(22)28-15-16-29(17-28)27-24(20(5)6)13-10-14-25(27)21(7)8;1-8(2)16-11-5-4-10(6-9(11)3)14-12(15)7-13;;;/h9-14,17-21H,15-16H2,1-8H3;3-6,8H,7H2,1-2H3,(H,14,15);2*1H;/q-1;;;;+2/p-1. The van der Waals surface area contributed by atoms with E-state index in [9.17, 15) is 9.18 Å². The molecule has 1 heterocycles. The average Bonchev–Trinajstić information content (AvgIpc) is 3.51. The number of benzene rings is 3. The molecule has 1 amide bonds. The molecule has 9 heteroatoms. The zero-order valence-corrected chi connectivity index (χ0v) is 33.3. The Balaban J connectivity index is 0.000000286. The number of carbonyl (C=O) groups excluding carboxylic acids is 1. The number of hydrogen-bond acceptors (Lipinski definition) is 3. The number of carbonyl (C=O) groups is 1. The number of alkyl halides is 1. The topological polar surface area (TPSA) is 48.4 Å². The van der Waals surface area contributed by atoms with Gasteiger partial charge in [-0.25, -0.2) is 0 Å². The van der Waals surface area contributed by atoms with Crippen LogP contribution in [0.1, 0.15) is 121 Å². The van der Waals surface area contributed by atoms with Crippen LogP contribution in [0.3, 0.4) is 0 Å². The van der Waals surface area contributed by atoms with Crippen LogP contribution in [-0.4, -0.2) is 41.1 Å². The number of aliphatic hydroxyl groups is 1. The van der Waals surface area contributed by atoms with Crippen LogP contribution in [0.5, 0.6) is 5.75 Å². The van der Waals surface area contributed by atoms with Gasteiger partial charge in [0.15, 0.2) is 0 Å². The van der Waals surface area contributed by atoms with Gasteiger partial charge in [0.25, 0.3) is 0 Å². The Labute approximate surface area is 301 Å². The molecule has 5 nitrogen and oxygen atoms in total. The summed E-state index contributed by atoms with van der Waals surface area (Å²) in [6.45, 7) is 25.8. The molecule has 1 aliphatic rings. The number of nitrogens with zero attached hydrogens (tertiary/aromatic N) is 2. The second kappa shape index (κ2) is 18.5. The number of rotatable bonds is 11. The molecule has 0 spiro atoms. The number of hydrogen-bond donors (Lipinski definition) is 1. The maximum atomic E-state index is 12.2. The van der Waals surface area contributed by atoms with Gasteiger partial charge in [-0.05, 0) is 45.9 Å². The molecule has 266 valence electrons. The first-order chi connectivity index (χ1) is 22.6. The van der Waals surface area contributed by atoms with Gasteiger partial charge in [0, 0.05) is 24.5 Å². The first kappa shape index (κ1) is 40.0. The molecule has 0 saturated carbocycles. The van der Waals surface area contributed by atoms with E-state index in [1.165, 1.54) is 33.6 Å². The molecule has 2 N–H and O–H groups in total. The molecular formula is C39H54Cl2FN3O2Ru.